The molecule has 0 saturated carbocycles. The average molecular weight is 127 g/mol. The normalized spacial score (nSPS) is 19.8. The summed E-state index contributed by atoms with van der Waals surface area (Å²) in [5, 5.41) is 1.90. The van der Waals surface area contributed by atoms with Crippen molar-refractivity contribution < 1.29 is 14.4 Å². The fourth-order valence-electron chi connectivity index (χ4n) is 0.599. The number of rotatable bonds is 0. The van der Waals surface area contributed by atoms with Crippen LogP contribution in [0.3, 0.4) is 0 Å². The zero-order chi connectivity index (χ0) is 6.85. The van der Waals surface area contributed by atoms with Crippen LogP contribution in [-0.4, -0.2) is 17.6 Å². The Balaban J connectivity index is 2.64. The fourth-order valence-corrected chi connectivity index (χ4v) is 0.599. The number of ketones is 1. The van der Waals surface area contributed by atoms with Crippen LogP contribution in [0, 0.1) is 0 Å². The molecule has 0 aromatic carbocycles. The molecule has 1 aliphatic heterocycles. The van der Waals surface area contributed by atoms with Gasteiger partial charge in [0.1, 0.15) is 0 Å². The van der Waals surface area contributed by atoms with E-state index in [1.54, 1.807) is 0 Å². The molecule has 0 bridgehead atoms. The molecule has 2 amide bonds. The second kappa shape index (κ2) is 1.97. The highest BCUT2D eigenvalue weighted by Gasteiger charge is 2.22. The van der Waals surface area contributed by atoms with E-state index in [9.17, 15) is 14.4 Å². The Kier molecular flexibility index (Phi) is 1.30. The van der Waals surface area contributed by atoms with E-state index in [0.717, 1.165) is 0 Å². The van der Waals surface area contributed by atoms with Crippen LogP contribution < -0.4 is 5.32 Å². The third-order valence-electron chi connectivity index (χ3n) is 1.09. The molecule has 0 aromatic rings. The van der Waals surface area contributed by atoms with Crippen LogP contribution >= 0.6 is 0 Å². The number of piperidine rings is 1. The maximum atomic E-state index is 10.4. The third-order valence-corrected chi connectivity index (χ3v) is 1.09. The molecular weight excluding hydrogens is 122 g/mol. The predicted molar refractivity (Wildman–Crippen MR) is 27.4 cm³/mol. The highest BCUT2D eigenvalue weighted by molar-refractivity contribution is 6.40. The van der Waals surface area contributed by atoms with E-state index in [1.165, 1.54) is 0 Å². The van der Waals surface area contributed by atoms with E-state index in [1.807, 2.05) is 5.32 Å². The van der Waals surface area contributed by atoms with E-state index in [-0.39, 0.29) is 18.7 Å². The topological polar surface area (TPSA) is 63.2 Å². The van der Waals surface area contributed by atoms with Crippen molar-refractivity contribution in [1.29, 1.82) is 0 Å². The average Bonchev–Trinajstić information content (AvgIpc) is 1.80. The SMILES string of the molecule is O=C1CCC(=O)C(=O)N1. The molecule has 1 aliphatic rings. The number of imide groups is 1. The molecule has 1 rings (SSSR count). The highest BCUT2D eigenvalue weighted by Crippen LogP contribution is 1.96. The summed E-state index contributed by atoms with van der Waals surface area (Å²) in [6.45, 7) is 0. The quantitative estimate of drug-likeness (QED) is 0.335. The number of carbonyl (C=O) groups is 3. The Morgan fingerprint density at radius 3 is 2.22 bits per heavy atom. The minimum absolute atomic E-state index is 0.0602. The lowest BCUT2D eigenvalue weighted by atomic mass is 10.1. The van der Waals surface area contributed by atoms with Gasteiger partial charge in [-0.1, -0.05) is 0 Å². The molecule has 0 atom stereocenters. The van der Waals surface area contributed by atoms with Gasteiger partial charge in [-0.15, -0.1) is 0 Å². The van der Waals surface area contributed by atoms with Crippen LogP contribution in [0.2, 0.25) is 0 Å². The first kappa shape index (κ1) is 5.94. The van der Waals surface area contributed by atoms with E-state index in [4.69, 9.17) is 0 Å². The summed E-state index contributed by atoms with van der Waals surface area (Å²) in [5.74, 6) is -1.64. The molecule has 1 saturated heterocycles. The first-order valence-corrected chi connectivity index (χ1v) is 2.57. The summed E-state index contributed by atoms with van der Waals surface area (Å²) in [6.07, 6.45) is 0.204. The Bertz CT molecular complexity index is 185. The molecule has 0 radical (unpaired) electrons. The van der Waals surface area contributed by atoms with Crippen molar-refractivity contribution in [2.24, 2.45) is 0 Å². The highest BCUT2D eigenvalue weighted by atomic mass is 16.2. The van der Waals surface area contributed by atoms with E-state index in [0.29, 0.717) is 0 Å². The Morgan fingerprint density at radius 1 is 1.11 bits per heavy atom. The molecule has 4 heteroatoms. The molecular formula is C5H5NO3. The number of hydrogen-bond acceptors (Lipinski definition) is 3. The fraction of sp³-hybridized carbons (Fsp3) is 0.400. The van der Waals surface area contributed by atoms with Gasteiger partial charge in [0.15, 0.2) is 0 Å². The molecule has 0 unspecified atom stereocenters. The second-order valence-electron chi connectivity index (χ2n) is 1.80. The number of Topliss-reactive ketones (excluding diaryl/α,β-unsaturated/α-hetero) is 1. The van der Waals surface area contributed by atoms with Crippen molar-refractivity contribution in [3.05, 3.63) is 0 Å². The Hall–Kier alpha value is -1.19. The van der Waals surface area contributed by atoms with Crippen LogP contribution in [-0.2, 0) is 14.4 Å². The van der Waals surface area contributed by atoms with Crippen molar-refractivity contribution >= 4 is 17.6 Å². The zero-order valence-electron chi connectivity index (χ0n) is 4.64. The molecule has 1 fully saturated rings. The summed E-state index contributed by atoms with van der Waals surface area (Å²) >= 11 is 0. The second-order valence-corrected chi connectivity index (χ2v) is 1.80. The lowest BCUT2D eigenvalue weighted by Crippen LogP contribution is -2.40. The minimum atomic E-state index is -0.772. The number of carbonyl (C=O) groups excluding carboxylic acids is 3. The maximum absolute atomic E-state index is 10.4. The van der Waals surface area contributed by atoms with Gasteiger partial charge in [0.25, 0.3) is 5.91 Å². The molecule has 4 nitrogen and oxygen atoms in total. The maximum Gasteiger partial charge on any atom is 0.293 e. The number of amides is 2. The number of nitrogens with one attached hydrogen (secondary N) is 1. The largest absolute Gasteiger partial charge is 0.293 e. The summed E-state index contributed by atoms with van der Waals surface area (Å²) in [5.41, 5.74) is 0. The standard InChI is InChI=1S/C5H5NO3/c7-3-1-2-4(8)6-5(3)9/h1-2H2,(H,6,8,9). The molecule has 9 heavy (non-hydrogen) atoms. The predicted octanol–water partition coefficient (Wildman–Crippen LogP) is -1.01. The van der Waals surface area contributed by atoms with Crippen LogP contribution in [0.15, 0.2) is 0 Å². The lowest BCUT2D eigenvalue weighted by Gasteiger charge is -2.06. The van der Waals surface area contributed by atoms with Gasteiger partial charge in [-0.3, -0.25) is 19.7 Å². The Labute approximate surface area is 51.2 Å². The van der Waals surface area contributed by atoms with Gasteiger partial charge < -0.3 is 0 Å². The van der Waals surface area contributed by atoms with Gasteiger partial charge in [0.05, 0.1) is 0 Å². The lowest BCUT2D eigenvalue weighted by molar-refractivity contribution is -0.144. The van der Waals surface area contributed by atoms with Gasteiger partial charge in [0, 0.05) is 12.8 Å². The van der Waals surface area contributed by atoms with Gasteiger partial charge in [0.2, 0.25) is 11.7 Å². The van der Waals surface area contributed by atoms with Crippen molar-refractivity contribution in [2.75, 3.05) is 0 Å². The summed E-state index contributed by atoms with van der Waals surface area (Å²) in [7, 11) is 0. The Morgan fingerprint density at radius 2 is 1.78 bits per heavy atom. The van der Waals surface area contributed by atoms with E-state index >= 15 is 0 Å². The van der Waals surface area contributed by atoms with Crippen LogP contribution in [0.5, 0.6) is 0 Å². The van der Waals surface area contributed by atoms with Gasteiger partial charge in [-0.2, -0.15) is 0 Å². The van der Waals surface area contributed by atoms with Gasteiger partial charge in [-0.25, -0.2) is 0 Å². The van der Waals surface area contributed by atoms with Crippen LogP contribution in [0.25, 0.3) is 0 Å². The molecule has 1 heterocycles. The smallest absolute Gasteiger partial charge is 0.290 e. The number of hydrogen-bond donors (Lipinski definition) is 1. The van der Waals surface area contributed by atoms with Crippen LogP contribution in [0.4, 0.5) is 0 Å². The zero-order valence-corrected chi connectivity index (χ0v) is 4.64. The third kappa shape index (κ3) is 1.13. The summed E-state index contributed by atoms with van der Waals surface area (Å²) in [6, 6.07) is 0. The molecule has 0 spiro atoms. The van der Waals surface area contributed by atoms with E-state index in [2.05, 4.69) is 0 Å². The summed E-state index contributed by atoms with van der Waals surface area (Å²) < 4.78 is 0. The van der Waals surface area contributed by atoms with Gasteiger partial charge in [-0.05, 0) is 0 Å². The van der Waals surface area contributed by atoms with Crippen molar-refractivity contribution in [3.63, 3.8) is 0 Å². The van der Waals surface area contributed by atoms with Gasteiger partial charge >= 0.3 is 0 Å². The van der Waals surface area contributed by atoms with E-state index < -0.39 is 11.7 Å². The summed E-state index contributed by atoms with van der Waals surface area (Å²) in [4.78, 5) is 31.0. The molecule has 0 aliphatic carbocycles. The molecule has 0 aromatic heterocycles. The first-order chi connectivity index (χ1) is 4.20. The minimum Gasteiger partial charge on any atom is -0.290 e. The van der Waals surface area contributed by atoms with Crippen molar-refractivity contribution in [2.45, 2.75) is 12.8 Å². The van der Waals surface area contributed by atoms with Crippen molar-refractivity contribution in [3.8, 4) is 0 Å². The monoisotopic (exact) mass is 127 g/mol. The molecule has 48 valence electrons. The van der Waals surface area contributed by atoms with Crippen molar-refractivity contribution in [1.82, 2.24) is 5.32 Å². The molecule has 1 N–H and O–H groups in total. The van der Waals surface area contributed by atoms with Crippen LogP contribution in [0.1, 0.15) is 12.8 Å². The first-order valence-electron chi connectivity index (χ1n) is 2.57.